The van der Waals surface area contributed by atoms with Crippen molar-refractivity contribution in [1.82, 2.24) is 4.98 Å². The van der Waals surface area contributed by atoms with Crippen molar-refractivity contribution in [1.29, 1.82) is 0 Å². The van der Waals surface area contributed by atoms with Crippen LogP contribution in [0, 0.1) is 0 Å². The molecule has 2 nitrogen and oxygen atoms in total. The molecule has 3 rings (SSSR count). The van der Waals surface area contributed by atoms with Crippen molar-refractivity contribution in [3.8, 4) is 0 Å². The Kier molecular flexibility index (Phi) is 5.12. The van der Waals surface area contributed by atoms with E-state index in [9.17, 15) is 0 Å². The van der Waals surface area contributed by atoms with Crippen LogP contribution in [0.5, 0.6) is 0 Å². The monoisotopic (exact) mass is 306 g/mol. The summed E-state index contributed by atoms with van der Waals surface area (Å²) in [6.07, 6.45) is 8.84. The molecule has 0 fully saturated rings. The highest BCUT2D eigenvalue weighted by molar-refractivity contribution is 5.95. The summed E-state index contributed by atoms with van der Waals surface area (Å²) in [6, 6.07) is 14.6. The first-order valence-electron chi connectivity index (χ1n) is 8.86. The van der Waals surface area contributed by atoms with Gasteiger partial charge in [-0.25, -0.2) is 4.98 Å². The summed E-state index contributed by atoms with van der Waals surface area (Å²) < 4.78 is 0. The number of anilines is 1. The molecule has 0 spiro atoms. The van der Waals surface area contributed by atoms with Crippen LogP contribution in [0.25, 0.3) is 21.8 Å². The molecule has 0 bridgehead atoms. The van der Waals surface area contributed by atoms with E-state index in [1.165, 1.54) is 54.9 Å². The Balaban J connectivity index is 1.83. The summed E-state index contributed by atoms with van der Waals surface area (Å²) in [4.78, 5) is 4.89. The highest BCUT2D eigenvalue weighted by Crippen LogP contribution is 2.27. The predicted molar refractivity (Wildman–Crippen MR) is 101 cm³/mol. The molecule has 0 saturated heterocycles. The van der Waals surface area contributed by atoms with Gasteiger partial charge in [-0.05, 0) is 31.0 Å². The number of benzene rings is 2. The molecule has 0 atom stereocenters. The Bertz CT molecular complexity index is 792. The SMILES string of the molecule is CCCCCCCCc1c(N)ccc2cc3ccccc3nc12. The minimum Gasteiger partial charge on any atom is -0.398 e. The van der Waals surface area contributed by atoms with Crippen LogP contribution in [0.4, 0.5) is 5.69 Å². The number of pyridine rings is 1. The lowest BCUT2D eigenvalue weighted by atomic mass is 9.99. The van der Waals surface area contributed by atoms with Crippen molar-refractivity contribution in [2.75, 3.05) is 5.73 Å². The second kappa shape index (κ2) is 7.45. The van der Waals surface area contributed by atoms with Gasteiger partial charge in [-0.1, -0.05) is 63.3 Å². The van der Waals surface area contributed by atoms with E-state index in [-0.39, 0.29) is 0 Å². The third kappa shape index (κ3) is 3.64. The van der Waals surface area contributed by atoms with E-state index in [0.29, 0.717) is 0 Å². The van der Waals surface area contributed by atoms with E-state index < -0.39 is 0 Å². The zero-order valence-corrected chi connectivity index (χ0v) is 14.0. The number of fused-ring (bicyclic) bond motifs is 2. The predicted octanol–water partition coefficient (Wildman–Crippen LogP) is 5.87. The van der Waals surface area contributed by atoms with Gasteiger partial charge in [0.05, 0.1) is 11.0 Å². The van der Waals surface area contributed by atoms with Gasteiger partial charge in [-0.3, -0.25) is 0 Å². The molecular formula is C21H26N2. The van der Waals surface area contributed by atoms with Crippen LogP contribution in [0.15, 0.2) is 42.5 Å². The molecule has 0 amide bonds. The Hall–Kier alpha value is -2.09. The molecule has 23 heavy (non-hydrogen) atoms. The van der Waals surface area contributed by atoms with Crippen molar-refractivity contribution >= 4 is 27.5 Å². The number of aromatic nitrogens is 1. The van der Waals surface area contributed by atoms with Gasteiger partial charge in [0.15, 0.2) is 0 Å². The van der Waals surface area contributed by atoms with Crippen LogP contribution in [-0.4, -0.2) is 4.98 Å². The normalized spacial score (nSPS) is 11.3. The molecule has 2 aromatic carbocycles. The summed E-state index contributed by atoms with van der Waals surface area (Å²) in [7, 11) is 0. The van der Waals surface area contributed by atoms with Crippen molar-refractivity contribution < 1.29 is 0 Å². The van der Waals surface area contributed by atoms with E-state index in [4.69, 9.17) is 10.7 Å². The molecular weight excluding hydrogens is 280 g/mol. The number of hydrogen-bond acceptors (Lipinski definition) is 2. The second-order valence-corrected chi connectivity index (χ2v) is 6.40. The highest BCUT2D eigenvalue weighted by atomic mass is 14.7. The fraction of sp³-hybridized carbons (Fsp3) is 0.381. The van der Waals surface area contributed by atoms with Crippen molar-refractivity contribution in [3.63, 3.8) is 0 Å². The first kappa shape index (κ1) is 15.8. The van der Waals surface area contributed by atoms with E-state index >= 15 is 0 Å². The second-order valence-electron chi connectivity index (χ2n) is 6.40. The van der Waals surface area contributed by atoms with Gasteiger partial charge >= 0.3 is 0 Å². The topological polar surface area (TPSA) is 38.9 Å². The number of rotatable bonds is 7. The van der Waals surface area contributed by atoms with E-state index in [0.717, 1.165) is 23.1 Å². The molecule has 120 valence electrons. The third-order valence-corrected chi connectivity index (χ3v) is 4.61. The first-order valence-corrected chi connectivity index (χ1v) is 8.86. The fourth-order valence-corrected chi connectivity index (χ4v) is 3.26. The lowest BCUT2D eigenvalue weighted by Crippen LogP contribution is -1.98. The number of nitrogen functional groups attached to an aromatic ring is 1. The Morgan fingerprint density at radius 3 is 2.52 bits per heavy atom. The molecule has 0 saturated carbocycles. The molecule has 0 unspecified atom stereocenters. The summed E-state index contributed by atoms with van der Waals surface area (Å²) in [5.41, 5.74) is 10.5. The molecule has 0 aliphatic heterocycles. The zero-order chi connectivity index (χ0) is 16.1. The minimum absolute atomic E-state index is 0.883. The van der Waals surface area contributed by atoms with Crippen LogP contribution >= 0.6 is 0 Å². The van der Waals surface area contributed by atoms with Gasteiger partial charge in [-0.2, -0.15) is 0 Å². The average Bonchev–Trinajstić information content (AvgIpc) is 2.58. The maximum atomic E-state index is 6.25. The first-order chi connectivity index (χ1) is 11.3. The molecule has 0 aliphatic carbocycles. The standard InChI is InChI=1S/C21H26N2/c1-2-3-4-5-6-7-11-18-19(22)14-13-17-15-16-10-8-9-12-20(16)23-21(17)18/h8-10,12-15H,2-7,11,22H2,1H3. The van der Waals surface area contributed by atoms with Gasteiger partial charge in [-0.15, -0.1) is 0 Å². The van der Waals surface area contributed by atoms with E-state index in [2.05, 4.69) is 37.3 Å². The summed E-state index contributed by atoms with van der Waals surface area (Å²) >= 11 is 0. The summed E-state index contributed by atoms with van der Waals surface area (Å²) in [6.45, 7) is 2.26. The molecule has 3 aromatic rings. The minimum atomic E-state index is 0.883. The van der Waals surface area contributed by atoms with Gasteiger partial charge < -0.3 is 5.73 Å². The van der Waals surface area contributed by atoms with Crippen molar-refractivity contribution in [3.05, 3.63) is 48.0 Å². The number of aryl methyl sites for hydroxylation is 1. The molecule has 0 radical (unpaired) electrons. The van der Waals surface area contributed by atoms with Crippen LogP contribution in [0.2, 0.25) is 0 Å². The Morgan fingerprint density at radius 2 is 1.65 bits per heavy atom. The van der Waals surface area contributed by atoms with Crippen molar-refractivity contribution in [2.45, 2.75) is 51.9 Å². The largest absolute Gasteiger partial charge is 0.398 e. The quantitative estimate of drug-likeness (QED) is 0.336. The Labute approximate surface area is 138 Å². The van der Waals surface area contributed by atoms with E-state index in [1.807, 2.05) is 12.1 Å². The summed E-state index contributed by atoms with van der Waals surface area (Å²) in [5, 5.41) is 2.38. The van der Waals surface area contributed by atoms with E-state index in [1.54, 1.807) is 0 Å². The maximum Gasteiger partial charge on any atom is 0.0762 e. The zero-order valence-electron chi connectivity index (χ0n) is 14.0. The third-order valence-electron chi connectivity index (χ3n) is 4.61. The maximum absolute atomic E-state index is 6.25. The van der Waals surface area contributed by atoms with Crippen molar-refractivity contribution in [2.24, 2.45) is 0 Å². The lowest BCUT2D eigenvalue weighted by Gasteiger charge is -2.10. The molecule has 2 heteroatoms. The summed E-state index contributed by atoms with van der Waals surface area (Å²) in [5.74, 6) is 0. The lowest BCUT2D eigenvalue weighted by molar-refractivity contribution is 0.608. The van der Waals surface area contributed by atoms with Gasteiger partial charge in [0.1, 0.15) is 0 Å². The molecule has 1 aromatic heterocycles. The molecule has 2 N–H and O–H groups in total. The fourth-order valence-electron chi connectivity index (χ4n) is 3.26. The Morgan fingerprint density at radius 1 is 0.870 bits per heavy atom. The average molecular weight is 306 g/mol. The highest BCUT2D eigenvalue weighted by Gasteiger charge is 2.08. The number of nitrogens with zero attached hydrogens (tertiary/aromatic N) is 1. The van der Waals surface area contributed by atoms with Gasteiger partial charge in [0.25, 0.3) is 0 Å². The number of para-hydroxylation sites is 1. The molecule has 0 aliphatic rings. The van der Waals surface area contributed by atoms with Crippen LogP contribution in [0.1, 0.15) is 51.0 Å². The van der Waals surface area contributed by atoms with Gasteiger partial charge in [0.2, 0.25) is 0 Å². The molecule has 1 heterocycles. The van der Waals surface area contributed by atoms with Crippen LogP contribution < -0.4 is 5.73 Å². The number of unbranched alkanes of at least 4 members (excludes halogenated alkanes) is 5. The van der Waals surface area contributed by atoms with Crippen LogP contribution in [0.3, 0.4) is 0 Å². The number of hydrogen-bond donors (Lipinski definition) is 1. The van der Waals surface area contributed by atoms with Crippen LogP contribution in [-0.2, 0) is 6.42 Å². The van der Waals surface area contributed by atoms with Gasteiger partial charge in [0, 0.05) is 22.0 Å². The smallest absolute Gasteiger partial charge is 0.0762 e. The number of nitrogens with two attached hydrogens (primary N) is 1.